The van der Waals surface area contributed by atoms with E-state index in [1.54, 1.807) is 0 Å². The number of hydrogen-bond acceptors (Lipinski definition) is 4. The Labute approximate surface area is 118 Å². The summed E-state index contributed by atoms with van der Waals surface area (Å²) < 4.78 is 51.5. The number of hydrogen-bond donors (Lipinski definition) is 0. The Morgan fingerprint density at radius 3 is 2.33 bits per heavy atom. The van der Waals surface area contributed by atoms with Gasteiger partial charge in [0.15, 0.2) is 9.84 Å². The van der Waals surface area contributed by atoms with E-state index in [-0.39, 0.29) is 5.56 Å². The van der Waals surface area contributed by atoms with Gasteiger partial charge < -0.3 is 0 Å². The average Bonchev–Trinajstić information content (AvgIpc) is 2.41. The smallest absolute Gasteiger partial charge is 0.258 e. The van der Waals surface area contributed by atoms with E-state index in [1.807, 2.05) is 0 Å². The molecule has 0 N–H and O–H groups in total. The van der Waals surface area contributed by atoms with E-state index in [4.69, 9.17) is 0 Å². The van der Waals surface area contributed by atoms with E-state index in [0.29, 0.717) is 0 Å². The number of sulfone groups is 1. The lowest BCUT2D eigenvalue weighted by atomic mass is 10.2. The second-order valence-corrected chi connectivity index (χ2v) is 6.15. The molecule has 0 aromatic heterocycles. The van der Waals surface area contributed by atoms with Crippen molar-refractivity contribution in [3.8, 4) is 0 Å². The molecular formula is C13H9F2NO4S. The quantitative estimate of drug-likeness (QED) is 0.642. The van der Waals surface area contributed by atoms with Gasteiger partial charge in [0.2, 0.25) is 5.82 Å². The molecule has 0 amide bonds. The van der Waals surface area contributed by atoms with Crippen LogP contribution in [0.3, 0.4) is 0 Å². The summed E-state index contributed by atoms with van der Waals surface area (Å²) in [5.41, 5.74) is -1.20. The molecule has 2 rings (SSSR count). The third-order valence-corrected chi connectivity index (χ3v) is 4.46. The van der Waals surface area contributed by atoms with E-state index in [1.165, 1.54) is 18.2 Å². The molecule has 0 aliphatic carbocycles. The molecule has 21 heavy (non-hydrogen) atoms. The van der Waals surface area contributed by atoms with Crippen LogP contribution in [0.5, 0.6) is 0 Å². The van der Waals surface area contributed by atoms with E-state index >= 15 is 0 Å². The summed E-state index contributed by atoms with van der Waals surface area (Å²) in [5, 5.41) is 10.6. The number of halogens is 2. The Morgan fingerprint density at radius 2 is 1.71 bits per heavy atom. The lowest BCUT2D eigenvalue weighted by Crippen LogP contribution is -2.09. The zero-order valence-electron chi connectivity index (χ0n) is 10.5. The first-order valence-electron chi connectivity index (χ1n) is 5.72. The van der Waals surface area contributed by atoms with Crippen LogP contribution in [-0.4, -0.2) is 13.3 Å². The molecular weight excluding hydrogens is 304 g/mol. The zero-order valence-corrected chi connectivity index (χ0v) is 11.3. The first-order valence-corrected chi connectivity index (χ1v) is 7.37. The standard InChI is InChI=1S/C13H9F2NO4S/c14-10-5-1-2-7-12(10)21(19,20)8-9-4-3-6-11(13(9)15)16(17)18/h1-7H,8H2. The van der Waals surface area contributed by atoms with E-state index in [2.05, 4.69) is 0 Å². The summed E-state index contributed by atoms with van der Waals surface area (Å²) in [6.45, 7) is 0. The summed E-state index contributed by atoms with van der Waals surface area (Å²) in [6.07, 6.45) is 0. The molecule has 8 heteroatoms. The zero-order chi connectivity index (χ0) is 15.6. The number of nitro benzene ring substituents is 1. The molecule has 0 heterocycles. The van der Waals surface area contributed by atoms with Gasteiger partial charge in [-0.15, -0.1) is 0 Å². The van der Waals surface area contributed by atoms with Crippen LogP contribution in [0.25, 0.3) is 0 Å². The molecule has 0 fully saturated rings. The molecule has 0 atom stereocenters. The van der Waals surface area contributed by atoms with Gasteiger partial charge in [-0.2, -0.15) is 4.39 Å². The summed E-state index contributed by atoms with van der Waals surface area (Å²) in [7, 11) is -4.15. The molecule has 0 saturated carbocycles. The van der Waals surface area contributed by atoms with Crippen molar-refractivity contribution in [1.29, 1.82) is 0 Å². The van der Waals surface area contributed by atoms with E-state index < -0.39 is 42.7 Å². The van der Waals surface area contributed by atoms with Crippen molar-refractivity contribution in [1.82, 2.24) is 0 Å². The normalized spacial score (nSPS) is 11.3. The van der Waals surface area contributed by atoms with Crippen molar-refractivity contribution >= 4 is 15.5 Å². The number of benzene rings is 2. The summed E-state index contributed by atoms with van der Waals surface area (Å²) in [4.78, 5) is 9.10. The van der Waals surface area contributed by atoms with Crippen LogP contribution in [0, 0.1) is 21.7 Å². The van der Waals surface area contributed by atoms with E-state index in [9.17, 15) is 27.3 Å². The predicted molar refractivity (Wildman–Crippen MR) is 70.3 cm³/mol. The maximum Gasteiger partial charge on any atom is 0.305 e. The Balaban J connectivity index is 2.45. The van der Waals surface area contributed by atoms with Crippen molar-refractivity contribution in [2.24, 2.45) is 0 Å². The molecule has 0 aliphatic heterocycles. The summed E-state index contributed by atoms with van der Waals surface area (Å²) >= 11 is 0. The van der Waals surface area contributed by atoms with Crippen molar-refractivity contribution in [2.75, 3.05) is 0 Å². The fourth-order valence-corrected chi connectivity index (χ4v) is 3.24. The number of nitrogens with zero attached hydrogens (tertiary/aromatic N) is 1. The Kier molecular flexibility index (Phi) is 3.99. The van der Waals surface area contributed by atoms with Gasteiger partial charge in [-0.25, -0.2) is 12.8 Å². The van der Waals surface area contributed by atoms with Crippen molar-refractivity contribution in [3.05, 3.63) is 69.8 Å². The fraction of sp³-hybridized carbons (Fsp3) is 0.0769. The second-order valence-electron chi connectivity index (χ2n) is 4.20. The van der Waals surface area contributed by atoms with Gasteiger partial charge in [0, 0.05) is 11.6 Å². The van der Waals surface area contributed by atoms with Crippen LogP contribution in [-0.2, 0) is 15.6 Å². The van der Waals surface area contributed by atoms with Crippen molar-refractivity contribution in [3.63, 3.8) is 0 Å². The first-order chi connectivity index (χ1) is 9.83. The second kappa shape index (κ2) is 5.57. The van der Waals surface area contributed by atoms with Gasteiger partial charge in [-0.3, -0.25) is 10.1 Å². The Hall–Kier alpha value is -2.35. The molecule has 0 radical (unpaired) electrons. The van der Waals surface area contributed by atoms with Gasteiger partial charge in [0.25, 0.3) is 0 Å². The highest BCUT2D eigenvalue weighted by molar-refractivity contribution is 7.90. The predicted octanol–water partition coefficient (Wildman–Crippen LogP) is 2.85. The number of nitro groups is 1. The Bertz CT molecular complexity index is 806. The molecule has 0 spiro atoms. The van der Waals surface area contributed by atoms with Gasteiger partial charge in [-0.05, 0) is 12.1 Å². The Morgan fingerprint density at radius 1 is 1.05 bits per heavy atom. The molecule has 5 nitrogen and oxygen atoms in total. The third kappa shape index (κ3) is 3.05. The maximum absolute atomic E-state index is 13.9. The van der Waals surface area contributed by atoms with Crippen LogP contribution < -0.4 is 0 Å². The molecule has 2 aromatic carbocycles. The summed E-state index contributed by atoms with van der Waals surface area (Å²) in [5.74, 6) is -3.05. The number of rotatable bonds is 4. The van der Waals surface area contributed by atoms with Crippen molar-refractivity contribution in [2.45, 2.75) is 10.6 Å². The first kappa shape index (κ1) is 15.0. The maximum atomic E-state index is 13.9. The lowest BCUT2D eigenvalue weighted by molar-refractivity contribution is -0.387. The molecule has 0 unspecified atom stereocenters. The fourth-order valence-electron chi connectivity index (χ4n) is 1.80. The third-order valence-electron chi connectivity index (χ3n) is 2.77. The van der Waals surface area contributed by atoms with Gasteiger partial charge in [0.1, 0.15) is 10.7 Å². The average molecular weight is 313 g/mol. The topological polar surface area (TPSA) is 77.3 Å². The highest BCUT2D eigenvalue weighted by Gasteiger charge is 2.24. The molecule has 110 valence electrons. The largest absolute Gasteiger partial charge is 0.305 e. The monoisotopic (exact) mass is 313 g/mol. The summed E-state index contributed by atoms with van der Waals surface area (Å²) in [6, 6.07) is 7.89. The minimum absolute atomic E-state index is 0.382. The van der Waals surface area contributed by atoms with E-state index in [0.717, 1.165) is 24.3 Å². The highest BCUT2D eigenvalue weighted by atomic mass is 32.2. The van der Waals surface area contributed by atoms with Gasteiger partial charge >= 0.3 is 5.69 Å². The van der Waals surface area contributed by atoms with Crippen LogP contribution in [0.1, 0.15) is 5.56 Å². The molecule has 0 saturated heterocycles. The van der Waals surface area contributed by atoms with Gasteiger partial charge in [-0.1, -0.05) is 24.3 Å². The van der Waals surface area contributed by atoms with Gasteiger partial charge in [0.05, 0.1) is 10.7 Å². The lowest BCUT2D eigenvalue weighted by Gasteiger charge is -2.06. The molecule has 0 aliphatic rings. The van der Waals surface area contributed by atoms with Crippen LogP contribution in [0.15, 0.2) is 47.4 Å². The van der Waals surface area contributed by atoms with Crippen molar-refractivity contribution < 1.29 is 22.1 Å². The minimum atomic E-state index is -4.15. The van der Waals surface area contributed by atoms with Crippen LogP contribution >= 0.6 is 0 Å². The molecule has 2 aromatic rings. The van der Waals surface area contributed by atoms with Crippen LogP contribution in [0.4, 0.5) is 14.5 Å². The SMILES string of the molecule is O=[N+]([O-])c1cccc(CS(=O)(=O)c2ccccc2F)c1F. The minimum Gasteiger partial charge on any atom is -0.258 e. The van der Waals surface area contributed by atoms with Crippen LogP contribution in [0.2, 0.25) is 0 Å². The highest BCUT2D eigenvalue weighted by Crippen LogP contribution is 2.25. The molecule has 0 bridgehead atoms.